The molecule has 1 fully saturated rings. The lowest BCUT2D eigenvalue weighted by atomic mass is 10.1. The van der Waals surface area contributed by atoms with Crippen LogP contribution in [-0.4, -0.2) is 42.1 Å². The molecule has 7 heteroatoms. The van der Waals surface area contributed by atoms with E-state index in [1.165, 1.54) is 12.1 Å². The predicted molar refractivity (Wildman–Crippen MR) is 113 cm³/mol. The van der Waals surface area contributed by atoms with Crippen LogP contribution in [0.2, 0.25) is 0 Å². The molecule has 3 heterocycles. The smallest absolute Gasteiger partial charge is 0.252 e. The fourth-order valence-electron chi connectivity index (χ4n) is 3.39. The van der Waals surface area contributed by atoms with Gasteiger partial charge in [-0.1, -0.05) is 18.2 Å². The molecule has 29 heavy (non-hydrogen) atoms. The van der Waals surface area contributed by atoms with E-state index >= 15 is 0 Å². The highest BCUT2D eigenvalue weighted by atomic mass is 19.1. The maximum Gasteiger partial charge on any atom is 0.252 e. The van der Waals surface area contributed by atoms with Gasteiger partial charge in [0.15, 0.2) is 0 Å². The van der Waals surface area contributed by atoms with Gasteiger partial charge in [-0.25, -0.2) is 4.39 Å². The van der Waals surface area contributed by atoms with Crippen LogP contribution in [0.1, 0.15) is 21.6 Å². The lowest BCUT2D eigenvalue weighted by Gasteiger charge is -2.28. The van der Waals surface area contributed by atoms with Crippen LogP contribution in [0.3, 0.4) is 0 Å². The molecular formula is C22H22FN5O. The minimum absolute atomic E-state index is 0.264. The van der Waals surface area contributed by atoms with Crippen molar-refractivity contribution < 1.29 is 9.18 Å². The summed E-state index contributed by atoms with van der Waals surface area (Å²) in [6, 6.07) is 11.9. The Morgan fingerprint density at radius 2 is 1.86 bits per heavy atom. The maximum atomic E-state index is 13.0. The lowest BCUT2D eigenvalue weighted by molar-refractivity contribution is 0.100. The number of anilines is 1. The average Bonchev–Trinajstić information content (AvgIpc) is 3.20. The number of benzene rings is 1. The number of nitrogens with zero attached hydrogens (tertiary/aromatic N) is 2. The summed E-state index contributed by atoms with van der Waals surface area (Å²) in [6.45, 7) is 3.34. The van der Waals surface area contributed by atoms with Gasteiger partial charge in [0.25, 0.3) is 5.91 Å². The van der Waals surface area contributed by atoms with E-state index in [2.05, 4.69) is 20.2 Å². The monoisotopic (exact) mass is 391 g/mol. The zero-order valence-electron chi connectivity index (χ0n) is 15.9. The van der Waals surface area contributed by atoms with Gasteiger partial charge in [0.2, 0.25) is 0 Å². The van der Waals surface area contributed by atoms with Crippen LogP contribution in [0.25, 0.3) is 23.4 Å². The number of nitrogens with one attached hydrogen (secondary N) is 2. The van der Waals surface area contributed by atoms with Crippen molar-refractivity contribution in [2.24, 2.45) is 5.73 Å². The zero-order valence-corrected chi connectivity index (χ0v) is 15.9. The van der Waals surface area contributed by atoms with Gasteiger partial charge in [-0.05, 0) is 42.0 Å². The van der Waals surface area contributed by atoms with Crippen LogP contribution in [-0.2, 0) is 0 Å². The van der Waals surface area contributed by atoms with Gasteiger partial charge in [0.1, 0.15) is 11.6 Å². The predicted octanol–water partition coefficient (Wildman–Crippen LogP) is 2.89. The van der Waals surface area contributed by atoms with E-state index in [9.17, 15) is 9.18 Å². The number of amides is 1. The molecule has 1 saturated heterocycles. The zero-order chi connectivity index (χ0) is 20.2. The highest BCUT2D eigenvalue weighted by molar-refractivity contribution is 5.99. The van der Waals surface area contributed by atoms with E-state index < -0.39 is 5.91 Å². The second-order valence-electron chi connectivity index (χ2n) is 6.90. The van der Waals surface area contributed by atoms with Gasteiger partial charge in [0, 0.05) is 43.6 Å². The number of hydrogen-bond donors (Lipinski definition) is 3. The van der Waals surface area contributed by atoms with E-state index in [4.69, 9.17) is 5.73 Å². The van der Waals surface area contributed by atoms with Gasteiger partial charge < -0.3 is 20.9 Å². The number of rotatable bonds is 5. The summed E-state index contributed by atoms with van der Waals surface area (Å²) in [6.07, 6.45) is 5.46. The van der Waals surface area contributed by atoms with Crippen molar-refractivity contribution in [3.05, 3.63) is 71.3 Å². The van der Waals surface area contributed by atoms with Gasteiger partial charge in [0.05, 0.1) is 11.3 Å². The number of carbonyl (C=O) groups excluding carboxylic acids is 1. The van der Waals surface area contributed by atoms with Gasteiger partial charge in [-0.2, -0.15) is 0 Å². The summed E-state index contributed by atoms with van der Waals surface area (Å²) in [5, 5.41) is 3.30. The number of aromatic amines is 1. The molecule has 0 atom stereocenters. The summed E-state index contributed by atoms with van der Waals surface area (Å²) >= 11 is 0. The van der Waals surface area contributed by atoms with Crippen molar-refractivity contribution in [3.63, 3.8) is 0 Å². The number of primary amides is 1. The van der Waals surface area contributed by atoms with Crippen molar-refractivity contribution >= 4 is 23.9 Å². The Morgan fingerprint density at radius 1 is 1.10 bits per heavy atom. The lowest BCUT2D eigenvalue weighted by Crippen LogP contribution is -2.44. The van der Waals surface area contributed by atoms with Crippen LogP contribution in [0.15, 0.2) is 48.7 Å². The average molecular weight is 391 g/mol. The first-order valence-electron chi connectivity index (χ1n) is 9.49. The summed E-state index contributed by atoms with van der Waals surface area (Å²) in [4.78, 5) is 21.8. The van der Waals surface area contributed by atoms with Crippen LogP contribution in [0, 0.1) is 5.82 Å². The molecule has 2 aromatic heterocycles. The van der Waals surface area contributed by atoms with Crippen molar-refractivity contribution in [1.29, 1.82) is 0 Å². The number of halogens is 1. The third kappa shape index (κ3) is 4.35. The molecule has 3 aromatic rings. The van der Waals surface area contributed by atoms with Crippen LogP contribution in [0.4, 0.5) is 10.2 Å². The minimum Gasteiger partial charge on any atom is -0.365 e. The molecule has 0 saturated carbocycles. The molecule has 0 bridgehead atoms. The normalized spacial score (nSPS) is 14.4. The molecule has 1 aliphatic heterocycles. The van der Waals surface area contributed by atoms with Crippen LogP contribution >= 0.6 is 0 Å². The number of carbonyl (C=O) groups is 1. The van der Waals surface area contributed by atoms with Crippen molar-refractivity contribution in [3.8, 4) is 11.3 Å². The summed E-state index contributed by atoms with van der Waals surface area (Å²) < 4.78 is 13.0. The second kappa shape index (κ2) is 8.28. The topological polar surface area (TPSA) is 87.0 Å². The Kier molecular flexibility index (Phi) is 5.39. The Hall–Kier alpha value is -3.45. The first kappa shape index (κ1) is 18.9. The van der Waals surface area contributed by atoms with E-state index in [1.807, 2.05) is 24.3 Å². The summed E-state index contributed by atoms with van der Waals surface area (Å²) in [7, 11) is 0. The summed E-state index contributed by atoms with van der Waals surface area (Å²) in [5.74, 6) is 0.0419. The molecular weight excluding hydrogens is 369 g/mol. The van der Waals surface area contributed by atoms with E-state index in [0.29, 0.717) is 5.56 Å². The van der Waals surface area contributed by atoms with E-state index in [0.717, 1.165) is 54.5 Å². The number of hydrogen-bond acceptors (Lipinski definition) is 4. The van der Waals surface area contributed by atoms with Crippen molar-refractivity contribution in [2.45, 2.75) is 0 Å². The van der Waals surface area contributed by atoms with Crippen molar-refractivity contribution in [1.82, 2.24) is 15.3 Å². The van der Waals surface area contributed by atoms with Crippen molar-refractivity contribution in [2.75, 3.05) is 31.1 Å². The fraction of sp³-hybridized carbons (Fsp3) is 0.182. The number of piperazine rings is 1. The number of aromatic nitrogens is 2. The Bertz CT molecular complexity index is 1040. The number of H-pyrrole nitrogens is 1. The summed E-state index contributed by atoms with van der Waals surface area (Å²) in [5.41, 5.74) is 9.46. The number of pyridine rings is 1. The van der Waals surface area contributed by atoms with Gasteiger partial charge in [-0.3, -0.25) is 9.78 Å². The fourth-order valence-corrected chi connectivity index (χ4v) is 3.39. The Morgan fingerprint density at radius 3 is 2.59 bits per heavy atom. The highest BCUT2D eigenvalue weighted by Crippen LogP contribution is 2.28. The highest BCUT2D eigenvalue weighted by Gasteiger charge is 2.20. The number of nitrogens with two attached hydrogens (primary N) is 1. The minimum atomic E-state index is -0.452. The van der Waals surface area contributed by atoms with Crippen LogP contribution in [0.5, 0.6) is 0 Å². The molecule has 148 valence electrons. The third-order valence-electron chi connectivity index (χ3n) is 4.90. The Labute approximate surface area is 168 Å². The standard InChI is InChI=1S/C22H22FN5O/c23-17-4-1-15(2-5-17)3-6-18-13-16(7-8-26-18)20-14-19(21(24)29)22(27-20)28-11-9-25-10-12-28/h1-8,13-14,25,27H,9-12H2,(H2,24,29). The molecule has 1 amide bonds. The second-order valence-corrected chi connectivity index (χ2v) is 6.90. The molecule has 0 radical (unpaired) electrons. The SMILES string of the molecule is NC(=O)c1cc(-c2ccnc(C=Cc3ccc(F)cc3)c2)[nH]c1N1CCNCC1. The largest absolute Gasteiger partial charge is 0.365 e. The van der Waals surface area contributed by atoms with Gasteiger partial charge >= 0.3 is 0 Å². The molecule has 1 aliphatic rings. The first-order chi connectivity index (χ1) is 14.1. The molecule has 4 rings (SSSR count). The van der Waals surface area contributed by atoms with E-state index in [1.54, 1.807) is 24.4 Å². The third-order valence-corrected chi connectivity index (χ3v) is 4.90. The molecule has 0 spiro atoms. The van der Waals surface area contributed by atoms with Gasteiger partial charge in [-0.15, -0.1) is 0 Å². The first-order valence-corrected chi connectivity index (χ1v) is 9.49. The van der Waals surface area contributed by atoms with E-state index in [-0.39, 0.29) is 5.82 Å². The molecule has 1 aromatic carbocycles. The molecule has 0 unspecified atom stereocenters. The molecule has 4 N–H and O–H groups in total. The molecule has 6 nitrogen and oxygen atoms in total. The maximum absolute atomic E-state index is 13.0. The quantitative estimate of drug-likeness (QED) is 0.624. The molecule has 0 aliphatic carbocycles. The Balaban J connectivity index is 1.62. The van der Waals surface area contributed by atoms with Crippen LogP contribution < -0.4 is 16.0 Å².